The van der Waals surface area contributed by atoms with E-state index in [0.29, 0.717) is 12.5 Å². The second-order valence-electron chi connectivity index (χ2n) is 5.99. The highest BCUT2D eigenvalue weighted by Crippen LogP contribution is 2.33. The minimum absolute atomic E-state index is 0.174. The molecule has 9 heteroatoms. The number of pyridine rings is 2. The fourth-order valence-corrected chi connectivity index (χ4v) is 2.41. The summed E-state index contributed by atoms with van der Waals surface area (Å²) < 4.78 is 45.5. The third kappa shape index (κ3) is 4.63. The summed E-state index contributed by atoms with van der Waals surface area (Å²) >= 11 is 5.97. The minimum atomic E-state index is -4.68. The van der Waals surface area contributed by atoms with Crippen LogP contribution in [-0.4, -0.2) is 28.7 Å². The van der Waals surface area contributed by atoms with Gasteiger partial charge in [-0.2, -0.15) is 13.2 Å². The lowest BCUT2D eigenvalue weighted by molar-refractivity contribution is -0.155. The highest BCUT2D eigenvalue weighted by Gasteiger charge is 2.42. The van der Waals surface area contributed by atoms with E-state index in [0.717, 1.165) is 19.0 Å². The lowest BCUT2D eigenvalue weighted by Crippen LogP contribution is -2.38. The van der Waals surface area contributed by atoms with Gasteiger partial charge in [-0.05, 0) is 24.8 Å². The fraction of sp³-hybridized carbons (Fsp3) is 0.353. The summed E-state index contributed by atoms with van der Waals surface area (Å²) in [6, 6.07) is 1.66. The molecule has 0 spiro atoms. The predicted molar refractivity (Wildman–Crippen MR) is 88.0 cm³/mol. The Morgan fingerprint density at radius 2 is 2.15 bits per heavy atom. The first-order valence-corrected chi connectivity index (χ1v) is 8.28. The van der Waals surface area contributed by atoms with Crippen LogP contribution < -0.4 is 10.1 Å². The average molecular weight is 386 g/mol. The third-order valence-electron chi connectivity index (χ3n) is 3.84. The highest BCUT2D eigenvalue weighted by molar-refractivity contribution is 6.32. The molecule has 1 N–H and O–H groups in total. The molecule has 1 aliphatic rings. The van der Waals surface area contributed by atoms with Crippen molar-refractivity contribution in [2.75, 3.05) is 6.61 Å². The number of nitrogens with zero attached hydrogens (tertiary/aromatic N) is 2. The molecule has 0 unspecified atom stereocenters. The van der Waals surface area contributed by atoms with Gasteiger partial charge in [-0.25, -0.2) is 4.98 Å². The molecule has 1 saturated carbocycles. The van der Waals surface area contributed by atoms with Crippen LogP contribution in [0.25, 0.3) is 0 Å². The van der Waals surface area contributed by atoms with E-state index in [1.54, 1.807) is 0 Å². The van der Waals surface area contributed by atoms with E-state index in [2.05, 4.69) is 9.97 Å². The maximum Gasteiger partial charge on any atom is 0.412 e. The lowest BCUT2D eigenvalue weighted by atomic mass is 10.1. The zero-order valence-corrected chi connectivity index (χ0v) is 14.2. The molecule has 0 bridgehead atoms. The molecule has 5 nitrogen and oxygen atoms in total. The van der Waals surface area contributed by atoms with Crippen LogP contribution in [0.1, 0.15) is 34.9 Å². The van der Waals surface area contributed by atoms with Crippen LogP contribution in [0.5, 0.6) is 5.75 Å². The highest BCUT2D eigenvalue weighted by atomic mass is 35.5. The normalized spacial score (nSPS) is 15.4. The SMILES string of the molecule is O=C(N[C@@H](c1cccnc1)C(F)(F)F)c1cc(OCC2CC2)c(Cl)cn1. The smallest absolute Gasteiger partial charge is 0.412 e. The van der Waals surface area contributed by atoms with E-state index >= 15 is 0 Å². The molecule has 0 saturated heterocycles. The Morgan fingerprint density at radius 1 is 1.38 bits per heavy atom. The van der Waals surface area contributed by atoms with Crippen molar-refractivity contribution in [3.8, 4) is 5.75 Å². The van der Waals surface area contributed by atoms with Crippen LogP contribution in [0.2, 0.25) is 5.02 Å². The van der Waals surface area contributed by atoms with E-state index in [9.17, 15) is 18.0 Å². The van der Waals surface area contributed by atoms with Crippen LogP contribution >= 0.6 is 11.6 Å². The first-order valence-electron chi connectivity index (χ1n) is 7.90. The van der Waals surface area contributed by atoms with Gasteiger partial charge >= 0.3 is 6.18 Å². The molecule has 2 heterocycles. The Bertz CT molecular complexity index is 783. The largest absolute Gasteiger partial charge is 0.492 e. The predicted octanol–water partition coefficient (Wildman–Crippen LogP) is 3.95. The maximum absolute atomic E-state index is 13.3. The van der Waals surface area contributed by atoms with Crippen molar-refractivity contribution in [2.24, 2.45) is 5.92 Å². The molecular weight excluding hydrogens is 371 g/mol. The first kappa shape index (κ1) is 18.4. The molecule has 1 aliphatic carbocycles. The summed E-state index contributed by atoms with van der Waals surface area (Å²) in [7, 11) is 0. The van der Waals surface area contributed by atoms with Gasteiger partial charge in [0.05, 0.1) is 12.8 Å². The summed E-state index contributed by atoms with van der Waals surface area (Å²) in [5.41, 5.74) is -0.383. The monoisotopic (exact) mass is 385 g/mol. The first-order chi connectivity index (χ1) is 12.3. The molecule has 0 aromatic carbocycles. The zero-order valence-electron chi connectivity index (χ0n) is 13.5. The van der Waals surface area contributed by atoms with Crippen LogP contribution in [0.4, 0.5) is 13.2 Å². The Kier molecular flexibility index (Phi) is 5.31. The van der Waals surface area contributed by atoms with Crippen LogP contribution in [0.3, 0.4) is 0 Å². The molecule has 26 heavy (non-hydrogen) atoms. The van der Waals surface area contributed by atoms with Crippen molar-refractivity contribution in [1.29, 1.82) is 0 Å². The van der Waals surface area contributed by atoms with Gasteiger partial charge in [0.1, 0.15) is 16.5 Å². The summed E-state index contributed by atoms with van der Waals surface area (Å²) in [6.07, 6.45) is 1.03. The number of ether oxygens (including phenoxy) is 1. The van der Waals surface area contributed by atoms with Gasteiger partial charge < -0.3 is 10.1 Å². The molecule has 1 fully saturated rings. The molecule has 2 aromatic heterocycles. The maximum atomic E-state index is 13.3. The Hall–Kier alpha value is -2.35. The fourth-order valence-electron chi connectivity index (χ4n) is 2.25. The van der Waals surface area contributed by atoms with Gasteiger partial charge in [-0.1, -0.05) is 17.7 Å². The molecule has 1 amide bonds. The van der Waals surface area contributed by atoms with E-state index in [1.807, 2.05) is 5.32 Å². The summed E-state index contributed by atoms with van der Waals surface area (Å²) in [4.78, 5) is 19.8. The lowest BCUT2D eigenvalue weighted by Gasteiger charge is -2.21. The van der Waals surface area contributed by atoms with E-state index in [4.69, 9.17) is 16.3 Å². The van der Waals surface area contributed by atoms with Crippen LogP contribution in [-0.2, 0) is 0 Å². The number of amides is 1. The van der Waals surface area contributed by atoms with Gasteiger partial charge in [0, 0.05) is 24.0 Å². The number of nitrogens with one attached hydrogen (secondary N) is 1. The summed E-state index contributed by atoms with van der Waals surface area (Å²) in [5, 5.41) is 2.14. The van der Waals surface area contributed by atoms with Crippen molar-refractivity contribution >= 4 is 17.5 Å². The van der Waals surface area contributed by atoms with Crippen molar-refractivity contribution in [2.45, 2.75) is 25.1 Å². The quantitative estimate of drug-likeness (QED) is 0.817. The van der Waals surface area contributed by atoms with Gasteiger partial charge in [-0.3, -0.25) is 9.78 Å². The number of carbonyl (C=O) groups excluding carboxylic acids is 1. The van der Waals surface area contributed by atoms with Crippen molar-refractivity contribution in [3.05, 3.63) is 53.1 Å². The molecule has 2 aromatic rings. The summed E-state index contributed by atoms with van der Waals surface area (Å²) in [5.74, 6) is -0.301. The van der Waals surface area contributed by atoms with Gasteiger partial charge in [0.2, 0.25) is 0 Å². The molecule has 0 radical (unpaired) electrons. The van der Waals surface area contributed by atoms with Crippen molar-refractivity contribution in [3.63, 3.8) is 0 Å². The van der Waals surface area contributed by atoms with Crippen LogP contribution in [0.15, 0.2) is 36.8 Å². The number of aromatic nitrogens is 2. The molecule has 0 aliphatic heterocycles. The Morgan fingerprint density at radius 3 is 2.77 bits per heavy atom. The molecule has 3 rings (SSSR count). The van der Waals surface area contributed by atoms with Crippen molar-refractivity contribution < 1.29 is 22.7 Å². The minimum Gasteiger partial charge on any atom is -0.492 e. The number of halogens is 4. The Balaban J connectivity index is 1.77. The standard InChI is InChI=1S/C17H15ClF3N3O2/c18-12-8-23-13(6-14(12)26-9-10-3-4-10)16(25)24-15(17(19,20)21)11-2-1-5-22-7-11/h1-2,5-8,10,15H,3-4,9H2,(H,24,25)/t15-/m0/s1. The van der Waals surface area contributed by atoms with Crippen molar-refractivity contribution in [1.82, 2.24) is 15.3 Å². The second kappa shape index (κ2) is 7.49. The average Bonchev–Trinajstić information content (AvgIpc) is 3.43. The summed E-state index contributed by atoms with van der Waals surface area (Å²) in [6.45, 7) is 0.450. The third-order valence-corrected chi connectivity index (χ3v) is 4.13. The number of hydrogen-bond donors (Lipinski definition) is 1. The van der Waals surface area contributed by atoms with Crippen LogP contribution in [0, 0.1) is 5.92 Å². The van der Waals surface area contributed by atoms with E-state index < -0.39 is 18.1 Å². The van der Waals surface area contributed by atoms with Gasteiger partial charge in [0.15, 0.2) is 6.04 Å². The topological polar surface area (TPSA) is 64.1 Å². The van der Waals surface area contributed by atoms with Gasteiger partial charge in [0.25, 0.3) is 5.91 Å². The number of hydrogen-bond acceptors (Lipinski definition) is 4. The zero-order chi connectivity index (χ0) is 18.7. The number of carbonyl (C=O) groups is 1. The number of alkyl halides is 3. The molecule has 1 atom stereocenters. The Labute approximate surface area is 152 Å². The second-order valence-corrected chi connectivity index (χ2v) is 6.40. The number of rotatable bonds is 6. The van der Waals surface area contributed by atoms with E-state index in [-0.39, 0.29) is 22.0 Å². The van der Waals surface area contributed by atoms with E-state index in [1.165, 1.54) is 30.6 Å². The molecular formula is C17H15ClF3N3O2. The van der Waals surface area contributed by atoms with Gasteiger partial charge in [-0.15, -0.1) is 0 Å². The molecule has 138 valence electrons.